The first-order chi connectivity index (χ1) is 9.02. The van der Waals surface area contributed by atoms with E-state index in [4.69, 9.17) is 4.74 Å². The minimum Gasteiger partial charge on any atom is -0.378 e. The fourth-order valence-corrected chi connectivity index (χ4v) is 1.73. The molecule has 0 heterocycles. The molecular formula is C13H18BrFN2O2. The molecule has 6 heteroatoms. The van der Waals surface area contributed by atoms with Crippen LogP contribution in [-0.4, -0.2) is 51.2 Å². The van der Waals surface area contributed by atoms with E-state index in [-0.39, 0.29) is 10.0 Å². The molecule has 1 N–H and O–H groups in total. The number of rotatable bonds is 7. The lowest BCUT2D eigenvalue weighted by molar-refractivity contribution is 0.0896. The normalized spacial score (nSPS) is 10.8. The summed E-state index contributed by atoms with van der Waals surface area (Å²) in [5.41, 5.74) is 0.0302. The largest absolute Gasteiger partial charge is 0.378 e. The van der Waals surface area contributed by atoms with E-state index in [0.717, 1.165) is 6.54 Å². The molecule has 0 aromatic heterocycles. The molecular weight excluding hydrogens is 315 g/mol. The van der Waals surface area contributed by atoms with Crippen LogP contribution in [0.2, 0.25) is 0 Å². The molecule has 0 fully saturated rings. The van der Waals surface area contributed by atoms with Crippen molar-refractivity contribution < 1.29 is 13.9 Å². The molecule has 0 saturated carbocycles. The molecule has 19 heavy (non-hydrogen) atoms. The second-order valence-electron chi connectivity index (χ2n) is 4.27. The summed E-state index contributed by atoms with van der Waals surface area (Å²) >= 11 is 3.05. The van der Waals surface area contributed by atoms with E-state index < -0.39 is 11.7 Å². The Morgan fingerprint density at radius 1 is 1.42 bits per heavy atom. The predicted molar refractivity (Wildman–Crippen MR) is 75.8 cm³/mol. The smallest absolute Gasteiger partial charge is 0.254 e. The molecule has 4 nitrogen and oxygen atoms in total. The number of hydrogen-bond acceptors (Lipinski definition) is 3. The van der Waals surface area contributed by atoms with Crippen molar-refractivity contribution in [1.82, 2.24) is 10.2 Å². The summed E-state index contributed by atoms with van der Waals surface area (Å²) in [6.07, 6.45) is 0. The van der Waals surface area contributed by atoms with Gasteiger partial charge in [-0.15, -0.1) is 0 Å². The van der Waals surface area contributed by atoms with Crippen molar-refractivity contribution in [2.45, 2.75) is 0 Å². The van der Waals surface area contributed by atoms with Crippen LogP contribution in [0.4, 0.5) is 4.39 Å². The third-order valence-electron chi connectivity index (χ3n) is 2.41. The zero-order valence-corrected chi connectivity index (χ0v) is 12.7. The number of halogens is 2. The van der Waals surface area contributed by atoms with Crippen LogP contribution in [0.25, 0.3) is 0 Å². The molecule has 1 aromatic carbocycles. The lowest BCUT2D eigenvalue weighted by atomic mass is 10.2. The second kappa shape index (κ2) is 8.24. The van der Waals surface area contributed by atoms with Crippen molar-refractivity contribution in [3.05, 3.63) is 34.1 Å². The van der Waals surface area contributed by atoms with Crippen LogP contribution in [0.15, 0.2) is 22.7 Å². The maximum absolute atomic E-state index is 13.6. The Kier molecular flexibility index (Phi) is 6.97. The first-order valence-corrected chi connectivity index (χ1v) is 6.76. The topological polar surface area (TPSA) is 41.6 Å². The molecule has 0 aliphatic rings. The summed E-state index contributed by atoms with van der Waals surface area (Å²) < 4.78 is 19.2. The number of amides is 1. The van der Waals surface area contributed by atoms with Gasteiger partial charge < -0.3 is 15.0 Å². The molecule has 0 bridgehead atoms. The van der Waals surface area contributed by atoms with Gasteiger partial charge >= 0.3 is 0 Å². The predicted octanol–water partition coefficient (Wildman–Crippen LogP) is 1.90. The number of likely N-dealkylation sites (N-methyl/N-ethyl adjacent to an activating group) is 1. The molecule has 0 radical (unpaired) electrons. The number of ether oxygens (including phenoxy) is 1. The highest BCUT2D eigenvalue weighted by Crippen LogP contribution is 2.18. The molecule has 0 unspecified atom stereocenters. The second-order valence-corrected chi connectivity index (χ2v) is 5.13. The molecule has 106 valence electrons. The Bertz CT molecular complexity index is 427. The Morgan fingerprint density at radius 3 is 2.84 bits per heavy atom. The van der Waals surface area contributed by atoms with Gasteiger partial charge in [0.2, 0.25) is 0 Å². The number of benzene rings is 1. The summed E-state index contributed by atoms with van der Waals surface area (Å²) in [6, 6.07) is 4.62. The van der Waals surface area contributed by atoms with Gasteiger partial charge in [0.1, 0.15) is 5.82 Å². The van der Waals surface area contributed by atoms with Crippen molar-refractivity contribution in [3.63, 3.8) is 0 Å². The summed E-state index contributed by atoms with van der Waals surface area (Å²) in [5, 5.41) is 2.62. The lowest BCUT2D eigenvalue weighted by Crippen LogP contribution is -2.29. The highest BCUT2D eigenvalue weighted by molar-refractivity contribution is 9.10. The lowest BCUT2D eigenvalue weighted by Gasteiger charge is -2.10. The van der Waals surface area contributed by atoms with Crippen LogP contribution in [0.5, 0.6) is 0 Å². The first kappa shape index (κ1) is 16.1. The summed E-state index contributed by atoms with van der Waals surface area (Å²) in [7, 11) is 3.92. The average molecular weight is 333 g/mol. The average Bonchev–Trinajstić information content (AvgIpc) is 2.36. The van der Waals surface area contributed by atoms with Crippen molar-refractivity contribution in [2.24, 2.45) is 0 Å². The summed E-state index contributed by atoms with van der Waals surface area (Å²) in [5.74, 6) is -0.983. The molecule has 1 amide bonds. The first-order valence-electron chi connectivity index (χ1n) is 5.97. The quantitative estimate of drug-likeness (QED) is 0.775. The Morgan fingerprint density at radius 2 is 2.16 bits per heavy atom. The molecule has 0 saturated heterocycles. The van der Waals surface area contributed by atoms with E-state index in [1.54, 1.807) is 12.1 Å². The highest BCUT2D eigenvalue weighted by atomic mass is 79.9. The van der Waals surface area contributed by atoms with E-state index in [9.17, 15) is 9.18 Å². The van der Waals surface area contributed by atoms with Crippen LogP contribution < -0.4 is 5.32 Å². The zero-order chi connectivity index (χ0) is 14.3. The minimum atomic E-state index is -0.548. The van der Waals surface area contributed by atoms with Gasteiger partial charge in [0.25, 0.3) is 5.91 Å². The van der Waals surface area contributed by atoms with E-state index in [0.29, 0.717) is 19.8 Å². The molecule has 0 atom stereocenters. The van der Waals surface area contributed by atoms with Crippen molar-refractivity contribution in [3.8, 4) is 0 Å². The van der Waals surface area contributed by atoms with E-state index in [1.165, 1.54) is 6.07 Å². The third-order valence-corrected chi connectivity index (χ3v) is 3.02. The van der Waals surface area contributed by atoms with E-state index >= 15 is 0 Å². The number of carbonyl (C=O) groups excluding carboxylic acids is 1. The molecule has 1 aromatic rings. The van der Waals surface area contributed by atoms with Gasteiger partial charge in [-0.2, -0.15) is 0 Å². The maximum atomic E-state index is 13.6. The van der Waals surface area contributed by atoms with Gasteiger partial charge in [0.05, 0.1) is 23.2 Å². The van der Waals surface area contributed by atoms with Gasteiger partial charge in [0, 0.05) is 13.1 Å². The van der Waals surface area contributed by atoms with Crippen LogP contribution in [0.3, 0.4) is 0 Å². The SMILES string of the molecule is CN(C)CCOCCNC(=O)c1cccc(Br)c1F. The monoisotopic (exact) mass is 332 g/mol. The van der Waals surface area contributed by atoms with Crippen molar-refractivity contribution >= 4 is 21.8 Å². The maximum Gasteiger partial charge on any atom is 0.254 e. The summed E-state index contributed by atoms with van der Waals surface area (Å²) in [4.78, 5) is 13.7. The molecule has 0 aliphatic carbocycles. The van der Waals surface area contributed by atoms with Crippen molar-refractivity contribution in [1.29, 1.82) is 0 Å². The van der Waals surface area contributed by atoms with Crippen LogP contribution in [0, 0.1) is 5.82 Å². The highest BCUT2D eigenvalue weighted by Gasteiger charge is 2.12. The number of nitrogens with one attached hydrogen (secondary N) is 1. The van der Waals surface area contributed by atoms with Gasteiger partial charge in [0.15, 0.2) is 0 Å². The number of nitrogens with zero attached hydrogens (tertiary/aromatic N) is 1. The van der Waals surface area contributed by atoms with Crippen LogP contribution in [-0.2, 0) is 4.74 Å². The Balaban J connectivity index is 2.30. The van der Waals surface area contributed by atoms with Gasteiger partial charge in [-0.05, 0) is 42.2 Å². The summed E-state index contributed by atoms with van der Waals surface area (Å²) in [6.45, 7) is 2.20. The fourth-order valence-electron chi connectivity index (χ4n) is 1.36. The van der Waals surface area contributed by atoms with E-state index in [1.807, 2.05) is 19.0 Å². The molecule has 1 rings (SSSR count). The Labute approximate surface area is 121 Å². The standard InChI is InChI=1S/C13H18BrFN2O2/c1-17(2)7-9-19-8-6-16-13(18)10-4-3-5-11(14)12(10)15/h3-5H,6-9H2,1-2H3,(H,16,18). The fraction of sp³-hybridized carbons (Fsp3) is 0.462. The van der Waals surface area contributed by atoms with Gasteiger partial charge in [-0.1, -0.05) is 6.07 Å². The Hall–Kier alpha value is -0.980. The number of hydrogen-bond donors (Lipinski definition) is 1. The van der Waals surface area contributed by atoms with Crippen molar-refractivity contribution in [2.75, 3.05) is 40.4 Å². The number of carbonyl (C=O) groups is 1. The van der Waals surface area contributed by atoms with Gasteiger partial charge in [-0.25, -0.2) is 4.39 Å². The third kappa shape index (κ3) is 5.67. The molecule has 0 spiro atoms. The zero-order valence-electron chi connectivity index (χ0n) is 11.1. The van der Waals surface area contributed by atoms with Crippen LogP contribution in [0.1, 0.15) is 10.4 Å². The molecule has 0 aliphatic heterocycles. The minimum absolute atomic E-state index is 0.0302. The van der Waals surface area contributed by atoms with Gasteiger partial charge in [-0.3, -0.25) is 4.79 Å². The van der Waals surface area contributed by atoms with E-state index in [2.05, 4.69) is 21.2 Å². The van der Waals surface area contributed by atoms with Crippen LogP contribution >= 0.6 is 15.9 Å².